The molecule has 230 valence electrons. The van der Waals surface area contributed by atoms with Gasteiger partial charge in [-0.1, -0.05) is 20.3 Å². The van der Waals surface area contributed by atoms with Crippen LogP contribution in [0.5, 0.6) is 0 Å². The second-order valence-electron chi connectivity index (χ2n) is 11.6. The molecule has 2 fully saturated rings. The van der Waals surface area contributed by atoms with E-state index in [0.29, 0.717) is 50.0 Å². The smallest absolute Gasteiger partial charge is 0.321 e. The third-order valence-corrected chi connectivity index (χ3v) is 10.4. The number of aromatic nitrogens is 2. The molecule has 7 N–H and O–H groups in total. The van der Waals surface area contributed by atoms with Crippen molar-refractivity contribution in [1.29, 1.82) is 5.41 Å². The molecule has 0 spiro atoms. The number of carbonyl (C=O) groups excluding carboxylic acids is 2. The number of sulfonamides is 1. The minimum absolute atomic E-state index is 0.0996. The van der Waals surface area contributed by atoms with Crippen LogP contribution in [0.15, 0.2) is 6.07 Å². The second kappa shape index (κ2) is 14.3. The zero-order valence-corrected chi connectivity index (χ0v) is 24.9. The van der Waals surface area contributed by atoms with Crippen molar-refractivity contribution in [3.8, 4) is 0 Å². The van der Waals surface area contributed by atoms with Gasteiger partial charge in [0, 0.05) is 31.6 Å². The number of carboxylic acids is 1. The first-order valence-corrected chi connectivity index (χ1v) is 16.1. The lowest BCUT2D eigenvalue weighted by Gasteiger charge is -2.32. The Morgan fingerprint density at radius 2 is 1.83 bits per heavy atom. The molecule has 2 heterocycles. The number of nitrogens with zero attached hydrogens (tertiary/aromatic N) is 3. The molecule has 1 aromatic heterocycles. The molecule has 41 heavy (non-hydrogen) atoms. The molecule has 0 bridgehead atoms. The van der Waals surface area contributed by atoms with Crippen LogP contribution in [-0.2, 0) is 21.4 Å². The molecular weight excluding hydrogens is 550 g/mol. The predicted molar refractivity (Wildman–Crippen MR) is 154 cm³/mol. The summed E-state index contributed by atoms with van der Waals surface area (Å²) in [5, 5.41) is 20.2. The van der Waals surface area contributed by atoms with E-state index in [1.165, 1.54) is 6.07 Å². The van der Waals surface area contributed by atoms with E-state index in [1.54, 1.807) is 11.6 Å². The molecular formula is C27H45N7O6S. The van der Waals surface area contributed by atoms with E-state index in [2.05, 4.69) is 16.7 Å². The van der Waals surface area contributed by atoms with E-state index in [-0.39, 0.29) is 29.8 Å². The molecule has 14 heteroatoms. The molecule has 3 atom stereocenters. The van der Waals surface area contributed by atoms with Crippen LogP contribution in [0, 0.1) is 23.2 Å². The highest BCUT2D eigenvalue weighted by Gasteiger charge is 2.33. The minimum atomic E-state index is -3.49. The number of fused-ring (bicyclic) bond motifs is 1. The van der Waals surface area contributed by atoms with Crippen molar-refractivity contribution in [3.05, 3.63) is 17.5 Å². The average molecular weight is 596 g/mol. The van der Waals surface area contributed by atoms with Crippen LogP contribution in [0.2, 0.25) is 0 Å². The summed E-state index contributed by atoms with van der Waals surface area (Å²) in [6.07, 6.45) is 8.04. The maximum absolute atomic E-state index is 12.8. The van der Waals surface area contributed by atoms with Gasteiger partial charge in [-0.05, 0) is 69.6 Å². The highest BCUT2D eigenvalue weighted by molar-refractivity contribution is 7.90. The number of aliphatic carboxylic acids is 1. The van der Waals surface area contributed by atoms with Crippen molar-refractivity contribution >= 4 is 33.6 Å². The molecule has 0 saturated heterocycles. The summed E-state index contributed by atoms with van der Waals surface area (Å²) in [7, 11) is -3.49. The van der Waals surface area contributed by atoms with Crippen LogP contribution in [-0.4, -0.2) is 76.2 Å². The molecule has 2 aliphatic carbocycles. The monoisotopic (exact) mass is 595 g/mol. The highest BCUT2D eigenvalue weighted by atomic mass is 32.2. The van der Waals surface area contributed by atoms with Crippen LogP contribution in [0.25, 0.3) is 0 Å². The van der Waals surface area contributed by atoms with Crippen LogP contribution in [0.1, 0.15) is 99.0 Å². The number of primary amides is 1. The Balaban J connectivity index is 0.000000241. The van der Waals surface area contributed by atoms with Gasteiger partial charge in [-0.3, -0.25) is 24.5 Å². The number of carbonyl (C=O) groups is 3. The van der Waals surface area contributed by atoms with Gasteiger partial charge in [-0.15, -0.1) is 0 Å². The molecule has 3 aliphatic rings. The van der Waals surface area contributed by atoms with Crippen molar-refractivity contribution in [1.82, 2.24) is 19.4 Å². The van der Waals surface area contributed by atoms with E-state index >= 15 is 0 Å². The van der Waals surface area contributed by atoms with Crippen LogP contribution in [0.4, 0.5) is 0 Å². The van der Waals surface area contributed by atoms with Crippen molar-refractivity contribution in [2.24, 2.45) is 29.2 Å². The second-order valence-corrected chi connectivity index (χ2v) is 13.6. The Bertz CT molecular complexity index is 1210. The molecule has 4 rings (SSSR count). The maximum Gasteiger partial charge on any atom is 0.321 e. The van der Waals surface area contributed by atoms with Gasteiger partial charge >= 0.3 is 5.97 Å². The fraction of sp³-hybridized carbons (Fsp3) is 0.741. The Kier molecular flexibility index (Phi) is 11.3. The lowest BCUT2D eigenvalue weighted by Crippen LogP contribution is -2.45. The SMILES string of the molecule is CCC(NS(=O)(=O)C1CCC(C)CC1)C(=O)O.N=C(N)C1CCCC(CN2CCCn3nc(C(N)=O)cc3C2=O)C1. The van der Waals surface area contributed by atoms with Crippen LogP contribution < -0.4 is 16.2 Å². The maximum atomic E-state index is 12.8. The number of nitrogens with one attached hydrogen (secondary N) is 2. The predicted octanol–water partition coefficient (Wildman–Crippen LogP) is 1.92. The number of amides is 2. The lowest BCUT2D eigenvalue weighted by atomic mass is 9.80. The summed E-state index contributed by atoms with van der Waals surface area (Å²) < 4.78 is 27.9. The van der Waals surface area contributed by atoms with E-state index < -0.39 is 33.2 Å². The first-order chi connectivity index (χ1) is 19.3. The summed E-state index contributed by atoms with van der Waals surface area (Å²) in [5.41, 5.74) is 11.5. The molecule has 2 saturated carbocycles. The van der Waals surface area contributed by atoms with Gasteiger partial charge in [-0.25, -0.2) is 13.1 Å². The topological polar surface area (TPSA) is 215 Å². The molecule has 3 unspecified atom stereocenters. The van der Waals surface area contributed by atoms with Crippen molar-refractivity contribution in [2.45, 2.75) is 95.9 Å². The number of aryl methyl sites for hydroxylation is 1. The van der Waals surface area contributed by atoms with Gasteiger partial charge in [0.15, 0.2) is 5.69 Å². The van der Waals surface area contributed by atoms with Gasteiger partial charge in [0.25, 0.3) is 11.8 Å². The quantitative estimate of drug-likeness (QED) is 0.209. The molecule has 0 radical (unpaired) electrons. The Labute approximate surface area is 241 Å². The first kappa shape index (κ1) is 32.5. The molecule has 1 aliphatic heterocycles. The molecule has 2 amide bonds. The fourth-order valence-corrected chi connectivity index (χ4v) is 7.67. The first-order valence-electron chi connectivity index (χ1n) is 14.6. The van der Waals surface area contributed by atoms with E-state index in [4.69, 9.17) is 22.0 Å². The van der Waals surface area contributed by atoms with Crippen LogP contribution >= 0.6 is 0 Å². The third-order valence-electron chi connectivity index (χ3n) is 8.45. The zero-order chi connectivity index (χ0) is 30.3. The number of carboxylic acid groups (broad SMARTS) is 1. The minimum Gasteiger partial charge on any atom is -0.480 e. The van der Waals surface area contributed by atoms with Gasteiger partial charge in [0.1, 0.15) is 11.7 Å². The largest absolute Gasteiger partial charge is 0.480 e. The standard InChI is InChI=1S/C16H24N6O2.C11H21NO4S/c17-14(18)11-4-1-3-10(7-11)9-21-5-2-6-22-13(16(21)24)8-12(20-22)15(19)23;1-3-10(11(13)14)12-17(15,16)9-6-4-8(2)5-7-9/h8,10-11H,1-7,9H2,(H3,17,18)(H2,19,23);8-10,12H,3-7H2,1-2H3,(H,13,14). The van der Waals surface area contributed by atoms with Crippen LogP contribution in [0.3, 0.4) is 0 Å². The summed E-state index contributed by atoms with van der Waals surface area (Å²) in [6.45, 7) is 5.72. The summed E-state index contributed by atoms with van der Waals surface area (Å²) in [5.74, 6) is -0.502. The Morgan fingerprint density at radius 1 is 1.15 bits per heavy atom. The number of rotatable bonds is 9. The number of nitrogens with two attached hydrogens (primary N) is 2. The summed E-state index contributed by atoms with van der Waals surface area (Å²) in [4.78, 5) is 36.8. The fourth-order valence-electron chi connectivity index (χ4n) is 5.92. The van der Waals surface area contributed by atoms with Gasteiger partial charge < -0.3 is 21.5 Å². The van der Waals surface area contributed by atoms with E-state index in [0.717, 1.165) is 44.9 Å². The molecule has 1 aromatic rings. The van der Waals surface area contributed by atoms with E-state index in [1.807, 2.05) is 4.90 Å². The molecule has 0 aromatic carbocycles. The van der Waals surface area contributed by atoms with Crippen molar-refractivity contribution in [2.75, 3.05) is 13.1 Å². The zero-order valence-electron chi connectivity index (χ0n) is 24.0. The number of hydrogen-bond donors (Lipinski definition) is 5. The van der Waals surface area contributed by atoms with Gasteiger partial charge in [-0.2, -0.15) is 5.10 Å². The normalized spacial score (nSPS) is 25.7. The lowest BCUT2D eigenvalue weighted by molar-refractivity contribution is -0.139. The van der Waals surface area contributed by atoms with Gasteiger partial charge in [0.05, 0.1) is 11.1 Å². The highest BCUT2D eigenvalue weighted by Crippen LogP contribution is 2.30. The van der Waals surface area contributed by atoms with Crippen molar-refractivity contribution in [3.63, 3.8) is 0 Å². The Morgan fingerprint density at radius 3 is 2.41 bits per heavy atom. The van der Waals surface area contributed by atoms with Crippen molar-refractivity contribution < 1.29 is 27.9 Å². The Hall–Kier alpha value is -3.00. The summed E-state index contributed by atoms with van der Waals surface area (Å²) >= 11 is 0. The molecule has 13 nitrogen and oxygen atoms in total. The van der Waals surface area contributed by atoms with E-state index in [9.17, 15) is 22.8 Å². The number of hydrogen-bond acceptors (Lipinski definition) is 7. The third kappa shape index (κ3) is 8.74. The summed E-state index contributed by atoms with van der Waals surface area (Å²) in [6, 6.07) is 0.488. The average Bonchev–Trinajstić information content (AvgIpc) is 3.30. The van der Waals surface area contributed by atoms with Gasteiger partial charge in [0.2, 0.25) is 10.0 Å². The number of amidine groups is 1.